The van der Waals surface area contributed by atoms with E-state index < -0.39 is 0 Å². The number of nitrogens with zero attached hydrogens (tertiary/aromatic N) is 6. The van der Waals surface area contributed by atoms with Gasteiger partial charge in [-0.15, -0.1) is 0 Å². The first kappa shape index (κ1) is 12.8. The highest BCUT2D eigenvalue weighted by atomic mass is 35.5. The third-order valence-electron chi connectivity index (χ3n) is 2.45. The first-order chi connectivity index (χ1) is 8.74. The molecule has 0 N–H and O–H groups in total. The summed E-state index contributed by atoms with van der Waals surface area (Å²) < 4.78 is 1.57. The molecule has 0 aromatic carbocycles. The van der Waals surface area contributed by atoms with Crippen LogP contribution in [0.25, 0.3) is 5.95 Å². The lowest BCUT2D eigenvalue weighted by Crippen LogP contribution is -2.26. The fraction of sp³-hybridized carbons (Fsp3) is 0.455. The second-order valence-electron chi connectivity index (χ2n) is 3.73. The normalized spacial score (nSPS) is 10.6. The number of rotatable bonds is 5. The largest absolute Gasteiger partial charge is 0.341 e. The van der Waals surface area contributed by atoms with Crippen LogP contribution in [0.15, 0.2) is 18.5 Å². The molecule has 2 aromatic rings. The fourth-order valence-corrected chi connectivity index (χ4v) is 1.78. The quantitative estimate of drug-likeness (QED) is 0.828. The van der Waals surface area contributed by atoms with Crippen LogP contribution < -0.4 is 4.90 Å². The summed E-state index contributed by atoms with van der Waals surface area (Å²) in [5.74, 6) is 1.02. The van der Waals surface area contributed by atoms with Crippen LogP contribution in [-0.4, -0.2) is 37.8 Å². The summed E-state index contributed by atoms with van der Waals surface area (Å²) in [6.07, 6.45) is 4.46. The van der Waals surface area contributed by atoms with Gasteiger partial charge in [-0.3, -0.25) is 0 Å². The zero-order valence-electron chi connectivity index (χ0n) is 10.4. The van der Waals surface area contributed by atoms with Crippen LogP contribution in [0.1, 0.15) is 20.3 Å². The van der Waals surface area contributed by atoms with E-state index in [1.807, 2.05) is 0 Å². The minimum atomic E-state index is 0.181. The van der Waals surface area contributed by atoms with Crippen molar-refractivity contribution in [3.63, 3.8) is 0 Å². The van der Waals surface area contributed by atoms with E-state index in [-0.39, 0.29) is 5.28 Å². The summed E-state index contributed by atoms with van der Waals surface area (Å²) in [5, 5.41) is 4.27. The topological polar surface area (TPSA) is 59.7 Å². The summed E-state index contributed by atoms with van der Waals surface area (Å²) >= 11 is 5.94. The van der Waals surface area contributed by atoms with E-state index in [4.69, 9.17) is 11.6 Å². The molecule has 2 rings (SSSR count). The Labute approximate surface area is 111 Å². The van der Waals surface area contributed by atoms with Crippen molar-refractivity contribution in [2.24, 2.45) is 0 Å². The second-order valence-corrected chi connectivity index (χ2v) is 4.07. The van der Waals surface area contributed by atoms with Crippen molar-refractivity contribution >= 4 is 17.5 Å². The predicted octanol–water partition coefficient (Wildman–Crippen LogP) is 1.95. The van der Waals surface area contributed by atoms with E-state index in [0.29, 0.717) is 11.9 Å². The van der Waals surface area contributed by atoms with Gasteiger partial charge < -0.3 is 4.90 Å². The molecule has 0 aliphatic carbocycles. The molecule has 0 aliphatic heterocycles. The average Bonchev–Trinajstić information content (AvgIpc) is 2.89. The van der Waals surface area contributed by atoms with E-state index in [2.05, 4.69) is 38.8 Å². The standard InChI is InChI=1S/C11H15ClN6/c1-3-7-17(4-2)10-14-9(12)15-11(16-10)18-8-5-6-13-18/h5-6,8H,3-4,7H2,1-2H3. The van der Waals surface area contributed by atoms with Crippen molar-refractivity contribution in [3.8, 4) is 5.95 Å². The van der Waals surface area contributed by atoms with Crippen LogP contribution in [-0.2, 0) is 0 Å². The average molecular weight is 267 g/mol. The Kier molecular flexibility index (Phi) is 4.09. The van der Waals surface area contributed by atoms with E-state index in [0.717, 1.165) is 19.5 Å². The molecule has 6 nitrogen and oxygen atoms in total. The predicted molar refractivity (Wildman–Crippen MR) is 70.1 cm³/mol. The Bertz CT molecular complexity index is 498. The molecule has 0 spiro atoms. The molecule has 0 bridgehead atoms. The van der Waals surface area contributed by atoms with Crippen LogP contribution in [0.4, 0.5) is 5.95 Å². The van der Waals surface area contributed by atoms with Gasteiger partial charge in [0, 0.05) is 25.5 Å². The lowest BCUT2D eigenvalue weighted by Gasteiger charge is -2.19. The summed E-state index contributed by atoms with van der Waals surface area (Å²) in [6.45, 7) is 5.88. The van der Waals surface area contributed by atoms with Crippen LogP contribution in [0, 0.1) is 0 Å². The molecule has 0 saturated heterocycles. The molecular weight excluding hydrogens is 252 g/mol. The van der Waals surface area contributed by atoms with E-state index in [1.54, 1.807) is 23.1 Å². The first-order valence-electron chi connectivity index (χ1n) is 5.91. The minimum absolute atomic E-state index is 0.181. The van der Waals surface area contributed by atoms with Gasteiger partial charge in [0.05, 0.1) is 0 Å². The Balaban J connectivity index is 2.37. The Morgan fingerprint density at radius 3 is 2.72 bits per heavy atom. The third-order valence-corrected chi connectivity index (χ3v) is 2.62. The molecule has 0 fully saturated rings. The van der Waals surface area contributed by atoms with Gasteiger partial charge in [-0.05, 0) is 31.0 Å². The van der Waals surface area contributed by atoms with Crippen molar-refractivity contribution in [1.82, 2.24) is 24.7 Å². The molecule has 2 heterocycles. The molecule has 0 amide bonds. The molecular formula is C11H15ClN6. The third kappa shape index (κ3) is 2.76. The number of aromatic nitrogens is 5. The van der Waals surface area contributed by atoms with Gasteiger partial charge in [0.2, 0.25) is 11.2 Å². The summed E-state index contributed by atoms with van der Waals surface area (Å²) in [4.78, 5) is 14.7. The Morgan fingerprint density at radius 2 is 2.11 bits per heavy atom. The highest BCUT2D eigenvalue weighted by Gasteiger charge is 2.11. The van der Waals surface area contributed by atoms with Gasteiger partial charge in [-0.25, -0.2) is 4.68 Å². The lowest BCUT2D eigenvalue weighted by molar-refractivity contribution is 0.734. The van der Waals surface area contributed by atoms with Gasteiger partial charge >= 0.3 is 0 Å². The summed E-state index contributed by atoms with van der Waals surface area (Å²) in [6, 6.07) is 1.81. The molecule has 0 radical (unpaired) electrons. The minimum Gasteiger partial charge on any atom is -0.341 e. The maximum absolute atomic E-state index is 5.94. The molecule has 96 valence electrons. The Morgan fingerprint density at radius 1 is 1.28 bits per heavy atom. The second kappa shape index (κ2) is 5.77. The number of hydrogen-bond donors (Lipinski definition) is 0. The monoisotopic (exact) mass is 266 g/mol. The molecule has 0 aliphatic rings. The fourth-order valence-electron chi connectivity index (χ4n) is 1.63. The maximum atomic E-state index is 5.94. The summed E-state index contributed by atoms with van der Waals surface area (Å²) in [5.41, 5.74) is 0. The van der Waals surface area contributed by atoms with Crippen molar-refractivity contribution in [2.45, 2.75) is 20.3 Å². The molecule has 7 heteroatoms. The zero-order chi connectivity index (χ0) is 13.0. The highest BCUT2D eigenvalue weighted by Crippen LogP contribution is 2.13. The van der Waals surface area contributed by atoms with E-state index in [1.165, 1.54) is 0 Å². The molecule has 2 aromatic heterocycles. The van der Waals surface area contributed by atoms with Crippen molar-refractivity contribution in [1.29, 1.82) is 0 Å². The molecule has 0 saturated carbocycles. The summed E-state index contributed by atoms with van der Waals surface area (Å²) in [7, 11) is 0. The van der Waals surface area contributed by atoms with Crippen LogP contribution in [0.5, 0.6) is 0 Å². The van der Waals surface area contributed by atoms with Crippen molar-refractivity contribution in [3.05, 3.63) is 23.7 Å². The lowest BCUT2D eigenvalue weighted by atomic mass is 10.4. The SMILES string of the molecule is CCCN(CC)c1nc(Cl)nc(-n2cccn2)n1. The van der Waals surface area contributed by atoms with E-state index in [9.17, 15) is 0 Å². The van der Waals surface area contributed by atoms with Gasteiger partial charge in [-0.1, -0.05) is 6.92 Å². The van der Waals surface area contributed by atoms with Crippen LogP contribution in [0.2, 0.25) is 5.28 Å². The smallest absolute Gasteiger partial charge is 0.256 e. The van der Waals surface area contributed by atoms with Gasteiger partial charge in [0.15, 0.2) is 0 Å². The maximum Gasteiger partial charge on any atom is 0.256 e. The molecule has 0 atom stereocenters. The van der Waals surface area contributed by atoms with Gasteiger partial charge in [0.1, 0.15) is 0 Å². The number of halogens is 1. The van der Waals surface area contributed by atoms with Crippen molar-refractivity contribution in [2.75, 3.05) is 18.0 Å². The molecule has 18 heavy (non-hydrogen) atoms. The van der Waals surface area contributed by atoms with E-state index >= 15 is 0 Å². The van der Waals surface area contributed by atoms with Crippen LogP contribution >= 0.6 is 11.6 Å². The number of hydrogen-bond acceptors (Lipinski definition) is 5. The Hall–Kier alpha value is -1.69. The first-order valence-corrected chi connectivity index (χ1v) is 6.29. The number of anilines is 1. The van der Waals surface area contributed by atoms with Crippen molar-refractivity contribution < 1.29 is 0 Å². The zero-order valence-corrected chi connectivity index (χ0v) is 11.2. The molecule has 0 unspecified atom stereocenters. The van der Waals surface area contributed by atoms with Gasteiger partial charge in [-0.2, -0.15) is 20.1 Å². The van der Waals surface area contributed by atoms with Gasteiger partial charge in [0.25, 0.3) is 5.95 Å². The van der Waals surface area contributed by atoms with Crippen LogP contribution in [0.3, 0.4) is 0 Å². The highest BCUT2D eigenvalue weighted by molar-refractivity contribution is 6.28.